The molecule has 0 aliphatic heterocycles. The average molecular weight is 358 g/mol. The molecule has 1 heterocycles. The van der Waals surface area contributed by atoms with Crippen LogP contribution in [0, 0.1) is 11.6 Å². The number of fused-ring (bicyclic) bond motifs is 3. The molecule has 25 heavy (non-hydrogen) atoms. The third kappa shape index (κ3) is 3.24. The van der Waals surface area contributed by atoms with Crippen molar-refractivity contribution in [2.75, 3.05) is 6.61 Å². The molecule has 3 aromatic rings. The molecule has 0 aliphatic carbocycles. The molecule has 0 unspecified atom stereocenters. The van der Waals surface area contributed by atoms with Crippen LogP contribution < -0.4 is 9.47 Å². The molecule has 0 fully saturated rings. The molecule has 0 radical (unpaired) electrons. The molecular formula is C17H11F5O3. The fourth-order valence-electron chi connectivity index (χ4n) is 2.37. The Morgan fingerprint density at radius 1 is 0.960 bits per heavy atom. The minimum atomic E-state index is -5.06. The lowest BCUT2D eigenvalue weighted by atomic mass is 10.1. The van der Waals surface area contributed by atoms with Gasteiger partial charge < -0.3 is 13.9 Å². The van der Waals surface area contributed by atoms with Gasteiger partial charge in [-0.1, -0.05) is 6.08 Å². The summed E-state index contributed by atoms with van der Waals surface area (Å²) in [5.41, 5.74) is -0.840. The van der Waals surface area contributed by atoms with Crippen molar-refractivity contribution in [3.63, 3.8) is 0 Å². The number of alkyl halides is 3. The zero-order valence-corrected chi connectivity index (χ0v) is 12.6. The van der Waals surface area contributed by atoms with Gasteiger partial charge in [0.25, 0.3) is 0 Å². The van der Waals surface area contributed by atoms with Crippen LogP contribution in [0.4, 0.5) is 22.0 Å². The highest BCUT2D eigenvalue weighted by molar-refractivity contribution is 6.06. The van der Waals surface area contributed by atoms with Crippen molar-refractivity contribution in [3.05, 3.63) is 48.6 Å². The van der Waals surface area contributed by atoms with E-state index in [2.05, 4.69) is 11.3 Å². The highest BCUT2D eigenvalue weighted by Gasteiger charge is 2.33. The lowest BCUT2D eigenvalue weighted by molar-refractivity contribution is -0.275. The summed E-state index contributed by atoms with van der Waals surface area (Å²) in [5.74, 6) is -3.39. The van der Waals surface area contributed by atoms with Gasteiger partial charge in [0, 0.05) is 10.8 Å². The van der Waals surface area contributed by atoms with E-state index in [-0.39, 0.29) is 28.7 Å². The van der Waals surface area contributed by atoms with E-state index in [0.717, 1.165) is 6.07 Å². The summed E-state index contributed by atoms with van der Waals surface area (Å²) in [6, 6.07) is 4.76. The SMILES string of the molecule is C=CCCOc1ccc2c(oc3c(F)c(OC(F)(F)F)ccc32)c1F. The van der Waals surface area contributed by atoms with Gasteiger partial charge in [0.05, 0.1) is 6.61 Å². The molecule has 0 saturated heterocycles. The molecule has 3 rings (SSSR count). The van der Waals surface area contributed by atoms with Gasteiger partial charge in [-0.2, -0.15) is 8.78 Å². The number of halogens is 5. The lowest BCUT2D eigenvalue weighted by Gasteiger charge is -2.09. The molecule has 3 nitrogen and oxygen atoms in total. The van der Waals surface area contributed by atoms with Crippen LogP contribution in [0.3, 0.4) is 0 Å². The predicted molar refractivity (Wildman–Crippen MR) is 80.6 cm³/mol. The molecule has 2 aromatic carbocycles. The van der Waals surface area contributed by atoms with Crippen LogP contribution in [0.1, 0.15) is 6.42 Å². The second-order valence-electron chi connectivity index (χ2n) is 5.08. The minimum Gasteiger partial charge on any atom is -0.490 e. The van der Waals surface area contributed by atoms with Gasteiger partial charge in [0.1, 0.15) is 0 Å². The zero-order valence-electron chi connectivity index (χ0n) is 12.6. The largest absolute Gasteiger partial charge is 0.573 e. The van der Waals surface area contributed by atoms with Crippen LogP contribution in [0.25, 0.3) is 21.9 Å². The van der Waals surface area contributed by atoms with Gasteiger partial charge >= 0.3 is 6.36 Å². The van der Waals surface area contributed by atoms with Crippen molar-refractivity contribution in [3.8, 4) is 11.5 Å². The van der Waals surface area contributed by atoms with E-state index >= 15 is 0 Å². The Morgan fingerprint density at radius 3 is 2.08 bits per heavy atom. The van der Waals surface area contributed by atoms with E-state index in [1.807, 2.05) is 0 Å². The highest BCUT2D eigenvalue weighted by atomic mass is 19.4. The second kappa shape index (κ2) is 6.27. The van der Waals surface area contributed by atoms with Crippen molar-refractivity contribution in [2.24, 2.45) is 0 Å². The van der Waals surface area contributed by atoms with E-state index in [1.54, 1.807) is 6.08 Å². The first-order chi connectivity index (χ1) is 11.8. The van der Waals surface area contributed by atoms with Crippen molar-refractivity contribution in [2.45, 2.75) is 12.8 Å². The van der Waals surface area contributed by atoms with Crippen molar-refractivity contribution >= 4 is 21.9 Å². The Kier molecular flexibility index (Phi) is 4.28. The quantitative estimate of drug-likeness (QED) is 0.332. The Balaban J connectivity index is 2.10. The van der Waals surface area contributed by atoms with Crippen LogP contribution in [0.15, 0.2) is 41.3 Å². The molecule has 8 heteroatoms. The number of benzene rings is 2. The Hall–Kier alpha value is -2.77. The van der Waals surface area contributed by atoms with E-state index in [9.17, 15) is 22.0 Å². The van der Waals surface area contributed by atoms with Crippen molar-refractivity contribution in [1.82, 2.24) is 0 Å². The summed E-state index contributed by atoms with van der Waals surface area (Å²) in [5, 5.41) is 0.333. The first-order valence-electron chi connectivity index (χ1n) is 7.14. The number of furan rings is 1. The average Bonchev–Trinajstić information content (AvgIpc) is 2.92. The standard InChI is InChI=1S/C17H11F5O3/c1-2-3-8-23-11-6-4-9-10-5-7-12(25-17(20,21)22)14(19)16(10)24-15(9)13(11)18/h2,4-7H,1,3,8H2. The van der Waals surface area contributed by atoms with Gasteiger partial charge in [-0.3, -0.25) is 0 Å². The summed E-state index contributed by atoms with van der Waals surface area (Å²) in [6.07, 6.45) is -2.97. The first-order valence-corrected chi connectivity index (χ1v) is 7.14. The molecule has 0 bridgehead atoms. The van der Waals surface area contributed by atoms with Crippen LogP contribution >= 0.6 is 0 Å². The number of rotatable bonds is 5. The molecule has 0 atom stereocenters. The maximum atomic E-state index is 14.5. The van der Waals surface area contributed by atoms with Crippen molar-refractivity contribution < 1.29 is 35.8 Å². The Bertz CT molecular complexity index is 943. The van der Waals surface area contributed by atoms with Crippen LogP contribution in [0.5, 0.6) is 11.5 Å². The van der Waals surface area contributed by atoms with Gasteiger partial charge in [0.2, 0.25) is 11.6 Å². The topological polar surface area (TPSA) is 31.6 Å². The van der Waals surface area contributed by atoms with Gasteiger partial charge in [-0.05, 0) is 30.7 Å². The van der Waals surface area contributed by atoms with Gasteiger partial charge in [0.15, 0.2) is 22.7 Å². The Morgan fingerprint density at radius 2 is 1.52 bits per heavy atom. The minimum absolute atomic E-state index is 0.111. The third-order valence-corrected chi connectivity index (χ3v) is 3.42. The third-order valence-electron chi connectivity index (χ3n) is 3.42. The second-order valence-corrected chi connectivity index (χ2v) is 5.08. The molecule has 132 valence electrons. The molecule has 0 aliphatic rings. The predicted octanol–water partition coefficient (Wildman–Crippen LogP) is 5.72. The lowest BCUT2D eigenvalue weighted by Crippen LogP contribution is -2.17. The van der Waals surface area contributed by atoms with Gasteiger partial charge in [-0.15, -0.1) is 19.8 Å². The van der Waals surface area contributed by atoms with Crippen molar-refractivity contribution in [1.29, 1.82) is 0 Å². The van der Waals surface area contributed by atoms with E-state index < -0.39 is 29.3 Å². The first kappa shape index (κ1) is 17.1. The number of hydrogen-bond donors (Lipinski definition) is 0. The monoisotopic (exact) mass is 358 g/mol. The van der Waals surface area contributed by atoms with Crippen LogP contribution in [0.2, 0.25) is 0 Å². The smallest absolute Gasteiger partial charge is 0.490 e. The Labute approximate surface area is 138 Å². The molecule has 0 N–H and O–H groups in total. The normalized spacial score (nSPS) is 11.9. The summed E-state index contributed by atoms with van der Waals surface area (Å²) in [6.45, 7) is 3.70. The number of hydrogen-bond acceptors (Lipinski definition) is 3. The summed E-state index contributed by atoms with van der Waals surface area (Å²) in [7, 11) is 0. The summed E-state index contributed by atoms with van der Waals surface area (Å²) < 4.78 is 79.5. The maximum absolute atomic E-state index is 14.5. The fourth-order valence-corrected chi connectivity index (χ4v) is 2.37. The number of ether oxygens (including phenoxy) is 2. The summed E-state index contributed by atoms with van der Waals surface area (Å²) in [4.78, 5) is 0. The summed E-state index contributed by atoms with van der Waals surface area (Å²) >= 11 is 0. The molecule has 0 saturated carbocycles. The van der Waals surface area contributed by atoms with E-state index in [1.165, 1.54) is 18.2 Å². The molecular weight excluding hydrogens is 347 g/mol. The molecule has 0 amide bonds. The van der Waals surface area contributed by atoms with E-state index in [0.29, 0.717) is 6.42 Å². The molecule has 0 spiro atoms. The maximum Gasteiger partial charge on any atom is 0.573 e. The molecule has 1 aromatic heterocycles. The van der Waals surface area contributed by atoms with Crippen LogP contribution in [-0.4, -0.2) is 13.0 Å². The zero-order chi connectivity index (χ0) is 18.2. The highest BCUT2D eigenvalue weighted by Crippen LogP contribution is 2.38. The van der Waals surface area contributed by atoms with Gasteiger partial charge in [-0.25, -0.2) is 0 Å². The van der Waals surface area contributed by atoms with E-state index in [4.69, 9.17) is 9.15 Å². The fraction of sp³-hybridized carbons (Fsp3) is 0.176. The van der Waals surface area contributed by atoms with Crippen LogP contribution in [-0.2, 0) is 0 Å².